The molecule has 0 heterocycles. The van der Waals surface area contributed by atoms with E-state index in [1.165, 1.54) is 21.0 Å². The van der Waals surface area contributed by atoms with Gasteiger partial charge in [0.05, 0.1) is 12.2 Å². The summed E-state index contributed by atoms with van der Waals surface area (Å²) in [7, 11) is 1.46. The van der Waals surface area contributed by atoms with Gasteiger partial charge >= 0.3 is 17.9 Å². The largest absolute Gasteiger partial charge is 0.458 e. The minimum absolute atomic E-state index is 0.0768. The van der Waals surface area contributed by atoms with E-state index >= 15 is 0 Å². The highest BCUT2D eigenvalue weighted by Gasteiger charge is 2.51. The van der Waals surface area contributed by atoms with Crippen LogP contribution in [0, 0.1) is 5.92 Å². The molecule has 1 aromatic carbocycles. The summed E-state index contributed by atoms with van der Waals surface area (Å²) < 4.78 is 21.0. The molecule has 0 radical (unpaired) electrons. The standard InChI is InChI=1S/C18H22O7/c1-11(19)23-16(10-22-3)17(24-12(2)20)14-9-15(14)25-18(21)13-7-5-4-6-8-13/h4-8,14-17H,9-10H2,1-3H3. The monoisotopic (exact) mass is 350 g/mol. The predicted octanol–water partition coefficient (Wildman–Crippen LogP) is 1.74. The van der Waals surface area contributed by atoms with Gasteiger partial charge in [-0.05, 0) is 18.6 Å². The molecule has 136 valence electrons. The number of methoxy groups -OCH3 is 1. The molecule has 1 aliphatic rings. The number of carbonyl (C=O) groups excluding carboxylic acids is 3. The van der Waals surface area contributed by atoms with Gasteiger partial charge in [0.25, 0.3) is 0 Å². The van der Waals surface area contributed by atoms with Gasteiger partial charge in [-0.15, -0.1) is 0 Å². The van der Waals surface area contributed by atoms with Crippen LogP contribution < -0.4 is 0 Å². The predicted molar refractivity (Wildman–Crippen MR) is 86.7 cm³/mol. The number of esters is 3. The van der Waals surface area contributed by atoms with E-state index in [1.807, 2.05) is 6.07 Å². The average molecular weight is 350 g/mol. The Hall–Kier alpha value is -2.41. The summed E-state index contributed by atoms with van der Waals surface area (Å²) in [6, 6.07) is 8.63. The summed E-state index contributed by atoms with van der Waals surface area (Å²) in [6.45, 7) is 2.62. The van der Waals surface area contributed by atoms with Gasteiger partial charge in [-0.3, -0.25) is 9.59 Å². The summed E-state index contributed by atoms with van der Waals surface area (Å²) in [4.78, 5) is 34.8. The molecular weight excluding hydrogens is 328 g/mol. The van der Waals surface area contributed by atoms with Crippen molar-refractivity contribution >= 4 is 17.9 Å². The maximum Gasteiger partial charge on any atom is 0.338 e. The SMILES string of the molecule is COCC(OC(C)=O)C(OC(C)=O)C1CC1OC(=O)c1ccccc1. The second-order valence-corrected chi connectivity index (χ2v) is 5.89. The molecular formula is C18H22O7. The number of benzene rings is 1. The zero-order valence-electron chi connectivity index (χ0n) is 14.5. The van der Waals surface area contributed by atoms with E-state index in [0.29, 0.717) is 12.0 Å². The molecule has 4 unspecified atom stereocenters. The first kappa shape index (κ1) is 18.9. The Kier molecular flexibility index (Phi) is 6.52. The number of hydrogen-bond acceptors (Lipinski definition) is 7. The molecule has 7 heteroatoms. The fourth-order valence-corrected chi connectivity index (χ4v) is 2.65. The Morgan fingerprint density at radius 3 is 2.28 bits per heavy atom. The molecule has 0 saturated heterocycles. The Labute approximate surface area is 146 Å². The highest BCUT2D eigenvalue weighted by molar-refractivity contribution is 5.89. The summed E-state index contributed by atoms with van der Waals surface area (Å²) >= 11 is 0. The first-order chi connectivity index (χ1) is 11.9. The van der Waals surface area contributed by atoms with Crippen molar-refractivity contribution in [3.8, 4) is 0 Å². The maximum absolute atomic E-state index is 12.1. The van der Waals surface area contributed by atoms with Crippen LogP contribution in [0.1, 0.15) is 30.6 Å². The maximum atomic E-state index is 12.1. The molecule has 0 bridgehead atoms. The molecule has 25 heavy (non-hydrogen) atoms. The van der Waals surface area contributed by atoms with Crippen molar-refractivity contribution in [3.63, 3.8) is 0 Å². The van der Waals surface area contributed by atoms with Crippen LogP contribution in [0.3, 0.4) is 0 Å². The molecule has 1 fully saturated rings. The molecule has 7 nitrogen and oxygen atoms in total. The summed E-state index contributed by atoms with van der Waals surface area (Å²) in [6.07, 6.45) is -1.35. The lowest BCUT2D eigenvalue weighted by atomic mass is 10.1. The molecule has 0 amide bonds. The van der Waals surface area contributed by atoms with Gasteiger partial charge in [0, 0.05) is 26.9 Å². The first-order valence-electron chi connectivity index (χ1n) is 8.01. The Morgan fingerprint density at radius 2 is 1.72 bits per heavy atom. The van der Waals surface area contributed by atoms with Gasteiger partial charge in [-0.1, -0.05) is 18.2 Å². The van der Waals surface area contributed by atoms with Crippen LogP contribution in [-0.2, 0) is 28.5 Å². The minimum atomic E-state index is -0.753. The lowest BCUT2D eigenvalue weighted by molar-refractivity contribution is -0.172. The molecule has 1 aromatic rings. The first-order valence-corrected chi connectivity index (χ1v) is 8.01. The zero-order valence-corrected chi connectivity index (χ0v) is 14.5. The Balaban J connectivity index is 2.02. The normalized spacial score (nSPS) is 20.9. The van der Waals surface area contributed by atoms with E-state index in [4.69, 9.17) is 18.9 Å². The summed E-state index contributed by atoms with van der Waals surface area (Å²) in [5.74, 6) is -1.68. The number of ether oxygens (including phenoxy) is 4. The van der Waals surface area contributed by atoms with E-state index < -0.39 is 36.2 Å². The fourth-order valence-electron chi connectivity index (χ4n) is 2.65. The Bertz CT molecular complexity index is 613. The third kappa shape index (κ3) is 5.56. The van der Waals surface area contributed by atoms with Crippen molar-refractivity contribution in [3.05, 3.63) is 35.9 Å². The third-order valence-corrected chi connectivity index (χ3v) is 3.79. The summed E-state index contributed by atoms with van der Waals surface area (Å²) in [5.41, 5.74) is 0.450. The van der Waals surface area contributed by atoms with Gasteiger partial charge in [-0.2, -0.15) is 0 Å². The topological polar surface area (TPSA) is 88.1 Å². The van der Waals surface area contributed by atoms with Crippen LogP contribution in [0.5, 0.6) is 0 Å². The van der Waals surface area contributed by atoms with Gasteiger partial charge < -0.3 is 18.9 Å². The zero-order chi connectivity index (χ0) is 18.4. The quantitative estimate of drug-likeness (QED) is 0.521. The molecule has 0 N–H and O–H groups in total. The molecule has 1 saturated carbocycles. The van der Waals surface area contributed by atoms with Crippen LogP contribution in [0.15, 0.2) is 30.3 Å². The second kappa shape index (κ2) is 8.62. The van der Waals surface area contributed by atoms with Crippen molar-refractivity contribution in [2.24, 2.45) is 5.92 Å². The highest BCUT2D eigenvalue weighted by Crippen LogP contribution is 2.40. The fraction of sp³-hybridized carbons (Fsp3) is 0.500. The van der Waals surface area contributed by atoms with Crippen LogP contribution in [0.4, 0.5) is 0 Å². The lowest BCUT2D eigenvalue weighted by Crippen LogP contribution is -2.40. The number of rotatable bonds is 8. The van der Waals surface area contributed by atoms with Gasteiger partial charge in [0.15, 0.2) is 6.10 Å². The van der Waals surface area contributed by atoms with Crippen LogP contribution in [0.25, 0.3) is 0 Å². The van der Waals surface area contributed by atoms with Crippen molar-refractivity contribution in [1.29, 1.82) is 0 Å². The smallest absolute Gasteiger partial charge is 0.338 e. The molecule has 2 rings (SSSR count). The van der Waals surface area contributed by atoms with Crippen molar-refractivity contribution < 1.29 is 33.3 Å². The number of hydrogen-bond donors (Lipinski definition) is 0. The second-order valence-electron chi connectivity index (χ2n) is 5.89. The van der Waals surface area contributed by atoms with E-state index in [2.05, 4.69) is 0 Å². The lowest BCUT2D eigenvalue weighted by Gasteiger charge is -2.26. The van der Waals surface area contributed by atoms with Crippen molar-refractivity contribution in [2.45, 2.75) is 38.6 Å². The third-order valence-electron chi connectivity index (χ3n) is 3.79. The minimum Gasteiger partial charge on any atom is -0.458 e. The van der Waals surface area contributed by atoms with Gasteiger partial charge in [-0.25, -0.2) is 4.79 Å². The molecule has 0 aliphatic heterocycles. The molecule has 0 aromatic heterocycles. The highest BCUT2D eigenvalue weighted by atomic mass is 16.6. The van der Waals surface area contributed by atoms with E-state index in [-0.39, 0.29) is 12.5 Å². The van der Waals surface area contributed by atoms with Crippen LogP contribution in [0.2, 0.25) is 0 Å². The number of carbonyl (C=O) groups is 3. The van der Waals surface area contributed by atoms with E-state index in [9.17, 15) is 14.4 Å². The van der Waals surface area contributed by atoms with Crippen molar-refractivity contribution in [1.82, 2.24) is 0 Å². The van der Waals surface area contributed by atoms with Crippen LogP contribution in [-0.4, -0.2) is 49.9 Å². The van der Waals surface area contributed by atoms with Gasteiger partial charge in [0.2, 0.25) is 0 Å². The molecule has 4 atom stereocenters. The van der Waals surface area contributed by atoms with E-state index in [0.717, 1.165) is 0 Å². The van der Waals surface area contributed by atoms with Crippen LogP contribution >= 0.6 is 0 Å². The van der Waals surface area contributed by atoms with Crippen molar-refractivity contribution in [2.75, 3.05) is 13.7 Å². The van der Waals surface area contributed by atoms with E-state index in [1.54, 1.807) is 24.3 Å². The van der Waals surface area contributed by atoms with Gasteiger partial charge in [0.1, 0.15) is 12.2 Å². The molecule has 0 spiro atoms. The molecule has 1 aliphatic carbocycles. The Morgan fingerprint density at radius 1 is 1.08 bits per heavy atom. The summed E-state index contributed by atoms with van der Waals surface area (Å²) in [5, 5.41) is 0. The average Bonchev–Trinajstić information content (AvgIpc) is 3.31.